The van der Waals surface area contributed by atoms with Crippen LogP contribution in [0, 0.1) is 5.92 Å². The summed E-state index contributed by atoms with van der Waals surface area (Å²) < 4.78 is 29.8. The van der Waals surface area contributed by atoms with Crippen LogP contribution in [0.5, 0.6) is 0 Å². The van der Waals surface area contributed by atoms with Crippen molar-refractivity contribution < 1.29 is 13.5 Å². The summed E-state index contributed by atoms with van der Waals surface area (Å²) in [5, 5.41) is 3.11. The van der Waals surface area contributed by atoms with E-state index in [4.69, 9.17) is 4.74 Å². The Balaban J connectivity index is 1.70. The lowest BCUT2D eigenvalue weighted by Gasteiger charge is -2.39. The van der Waals surface area contributed by atoms with Crippen LogP contribution in [0.15, 0.2) is 0 Å². The summed E-state index contributed by atoms with van der Waals surface area (Å²) in [6.45, 7) is 3.71. The normalized spacial score (nSPS) is 35.8. The molecule has 1 saturated carbocycles. The molecule has 70 valence electrons. The molecule has 1 heterocycles. The molecule has 12 heavy (non-hydrogen) atoms. The lowest BCUT2D eigenvalue weighted by molar-refractivity contribution is -0.0655. The van der Waals surface area contributed by atoms with Gasteiger partial charge in [0.15, 0.2) is 0 Å². The molecule has 0 aromatic heterocycles. The molecule has 1 aliphatic carbocycles. The third-order valence-electron chi connectivity index (χ3n) is 2.57. The average Bonchev–Trinajstić information content (AvgIpc) is 2.51. The fraction of sp³-hybridized carbons (Fsp3) is 1.00. The molecule has 1 saturated heterocycles. The molecule has 4 heteroatoms. The van der Waals surface area contributed by atoms with Crippen LogP contribution in [-0.4, -0.2) is 31.2 Å². The molecular formula is C8H13F2NO. The molecule has 0 spiro atoms. The van der Waals surface area contributed by atoms with Crippen LogP contribution in [0.2, 0.25) is 0 Å². The standard InChI is InChI=1S/C8H13F2NO/c1-7(4-12-5-7)11-3-6-2-8(6,9)10/h6,11H,2-5H2,1H3. The second-order valence-electron chi connectivity index (χ2n) is 4.10. The van der Waals surface area contributed by atoms with Crippen LogP contribution < -0.4 is 5.32 Å². The maximum atomic E-state index is 12.4. The van der Waals surface area contributed by atoms with Crippen LogP contribution in [-0.2, 0) is 4.74 Å². The number of ether oxygens (including phenoxy) is 1. The molecular weight excluding hydrogens is 164 g/mol. The van der Waals surface area contributed by atoms with Gasteiger partial charge in [-0.2, -0.15) is 0 Å². The lowest BCUT2D eigenvalue weighted by atomic mass is 10.0. The molecule has 0 aromatic rings. The first-order chi connectivity index (χ1) is 5.52. The minimum Gasteiger partial charge on any atom is -0.377 e. The first-order valence-electron chi connectivity index (χ1n) is 4.22. The van der Waals surface area contributed by atoms with E-state index in [0.29, 0.717) is 19.8 Å². The van der Waals surface area contributed by atoms with E-state index in [0.717, 1.165) is 0 Å². The van der Waals surface area contributed by atoms with Gasteiger partial charge in [0, 0.05) is 18.9 Å². The quantitative estimate of drug-likeness (QED) is 0.695. The maximum absolute atomic E-state index is 12.4. The minimum atomic E-state index is -2.39. The van der Waals surface area contributed by atoms with Crippen molar-refractivity contribution in [2.75, 3.05) is 19.8 Å². The third-order valence-corrected chi connectivity index (χ3v) is 2.57. The van der Waals surface area contributed by atoms with Gasteiger partial charge < -0.3 is 10.1 Å². The van der Waals surface area contributed by atoms with Crippen molar-refractivity contribution in [1.29, 1.82) is 0 Å². The largest absolute Gasteiger partial charge is 0.377 e. The highest BCUT2D eigenvalue weighted by atomic mass is 19.3. The van der Waals surface area contributed by atoms with Crippen molar-refractivity contribution in [2.45, 2.75) is 24.8 Å². The molecule has 2 fully saturated rings. The topological polar surface area (TPSA) is 21.3 Å². The predicted molar refractivity (Wildman–Crippen MR) is 40.3 cm³/mol. The lowest BCUT2D eigenvalue weighted by Crippen LogP contribution is -2.58. The zero-order valence-electron chi connectivity index (χ0n) is 7.07. The van der Waals surface area contributed by atoms with Crippen molar-refractivity contribution in [3.63, 3.8) is 0 Å². The summed E-state index contributed by atoms with van der Waals surface area (Å²) in [6, 6.07) is 0. The number of rotatable bonds is 3. The van der Waals surface area contributed by atoms with Crippen LogP contribution in [0.1, 0.15) is 13.3 Å². The van der Waals surface area contributed by atoms with Gasteiger partial charge in [0.1, 0.15) is 0 Å². The van der Waals surface area contributed by atoms with Gasteiger partial charge in [0.05, 0.1) is 18.8 Å². The zero-order chi connectivity index (χ0) is 8.82. The first kappa shape index (κ1) is 8.38. The van der Waals surface area contributed by atoms with E-state index in [1.165, 1.54) is 0 Å². The molecule has 2 rings (SSSR count). The summed E-state index contributed by atoms with van der Waals surface area (Å²) >= 11 is 0. The summed E-state index contributed by atoms with van der Waals surface area (Å²) in [6.07, 6.45) is 0.0525. The van der Waals surface area contributed by atoms with E-state index in [1.807, 2.05) is 6.92 Å². The first-order valence-corrected chi connectivity index (χ1v) is 4.22. The van der Waals surface area contributed by atoms with Gasteiger partial charge in [-0.1, -0.05) is 0 Å². The number of halogens is 2. The fourth-order valence-electron chi connectivity index (χ4n) is 1.37. The smallest absolute Gasteiger partial charge is 0.252 e. The van der Waals surface area contributed by atoms with Crippen LogP contribution in [0.3, 0.4) is 0 Å². The maximum Gasteiger partial charge on any atom is 0.252 e. The summed E-state index contributed by atoms with van der Waals surface area (Å²) in [5.41, 5.74) is -0.0430. The Hall–Kier alpha value is -0.220. The summed E-state index contributed by atoms with van der Waals surface area (Å²) in [7, 11) is 0. The second-order valence-corrected chi connectivity index (χ2v) is 4.10. The molecule has 1 atom stereocenters. The van der Waals surface area contributed by atoms with Crippen LogP contribution in [0.25, 0.3) is 0 Å². The Morgan fingerprint density at radius 1 is 1.50 bits per heavy atom. The number of alkyl halides is 2. The Morgan fingerprint density at radius 2 is 2.08 bits per heavy atom. The highest BCUT2D eigenvalue weighted by Crippen LogP contribution is 2.48. The van der Waals surface area contributed by atoms with E-state index in [-0.39, 0.29) is 12.0 Å². The van der Waals surface area contributed by atoms with Crippen LogP contribution >= 0.6 is 0 Å². The van der Waals surface area contributed by atoms with Crippen molar-refractivity contribution >= 4 is 0 Å². The number of hydrogen-bond donors (Lipinski definition) is 1. The average molecular weight is 177 g/mol. The van der Waals surface area contributed by atoms with Crippen molar-refractivity contribution in [2.24, 2.45) is 5.92 Å². The van der Waals surface area contributed by atoms with Gasteiger partial charge in [0.2, 0.25) is 0 Å². The molecule has 2 aliphatic rings. The predicted octanol–water partition coefficient (Wildman–Crippen LogP) is 1.02. The van der Waals surface area contributed by atoms with Gasteiger partial charge in [-0.05, 0) is 6.92 Å². The Bertz CT molecular complexity index is 191. The molecule has 0 radical (unpaired) electrons. The van der Waals surface area contributed by atoms with Crippen LogP contribution in [0.4, 0.5) is 8.78 Å². The highest BCUT2D eigenvalue weighted by Gasteiger charge is 2.56. The molecule has 0 aromatic carbocycles. The fourth-order valence-corrected chi connectivity index (χ4v) is 1.37. The number of hydrogen-bond acceptors (Lipinski definition) is 2. The Labute approximate surface area is 70.3 Å². The SMILES string of the molecule is CC1(NCC2CC2(F)F)COC1. The van der Waals surface area contributed by atoms with E-state index in [9.17, 15) is 8.78 Å². The van der Waals surface area contributed by atoms with E-state index in [1.54, 1.807) is 0 Å². The van der Waals surface area contributed by atoms with E-state index in [2.05, 4.69) is 5.32 Å². The zero-order valence-corrected chi connectivity index (χ0v) is 7.07. The van der Waals surface area contributed by atoms with Crippen molar-refractivity contribution in [1.82, 2.24) is 5.32 Å². The second kappa shape index (κ2) is 2.39. The third kappa shape index (κ3) is 1.45. The number of nitrogens with one attached hydrogen (secondary N) is 1. The highest BCUT2D eigenvalue weighted by molar-refractivity contribution is 4.99. The Morgan fingerprint density at radius 3 is 2.42 bits per heavy atom. The molecule has 0 bridgehead atoms. The molecule has 0 amide bonds. The van der Waals surface area contributed by atoms with Crippen molar-refractivity contribution in [3.8, 4) is 0 Å². The summed E-state index contributed by atoms with van der Waals surface area (Å²) in [4.78, 5) is 0. The van der Waals surface area contributed by atoms with Gasteiger partial charge >= 0.3 is 0 Å². The van der Waals surface area contributed by atoms with Gasteiger partial charge in [-0.15, -0.1) is 0 Å². The van der Waals surface area contributed by atoms with E-state index >= 15 is 0 Å². The van der Waals surface area contributed by atoms with Gasteiger partial charge in [-0.25, -0.2) is 8.78 Å². The van der Waals surface area contributed by atoms with Gasteiger partial charge in [-0.3, -0.25) is 0 Å². The van der Waals surface area contributed by atoms with E-state index < -0.39 is 11.8 Å². The Kier molecular flexibility index (Phi) is 1.67. The van der Waals surface area contributed by atoms with Crippen molar-refractivity contribution in [3.05, 3.63) is 0 Å². The summed E-state index contributed by atoms with van der Waals surface area (Å²) in [5.74, 6) is -2.83. The minimum absolute atomic E-state index is 0.0430. The molecule has 1 unspecified atom stereocenters. The molecule has 1 aliphatic heterocycles. The molecule has 2 nitrogen and oxygen atoms in total. The van der Waals surface area contributed by atoms with Gasteiger partial charge in [0.25, 0.3) is 5.92 Å². The monoisotopic (exact) mass is 177 g/mol. The molecule has 1 N–H and O–H groups in total.